The van der Waals surface area contributed by atoms with Crippen molar-refractivity contribution in [2.45, 2.75) is 207 Å². The summed E-state index contributed by atoms with van der Waals surface area (Å²) in [6.07, 6.45) is 17.5. The number of carbonyl (C=O) groups is 8. The Morgan fingerprint density at radius 1 is 0.820 bits per heavy atom. The van der Waals surface area contributed by atoms with Gasteiger partial charge in [-0.05, 0) is 116 Å². The second-order valence-electron chi connectivity index (χ2n) is 28.9. The predicted molar refractivity (Wildman–Crippen MR) is 394 cm³/mol. The highest BCUT2D eigenvalue weighted by molar-refractivity contribution is 6.74. The normalized spacial score (nSPS) is 24.1. The Balaban J connectivity index is 0.000000429. The van der Waals surface area contributed by atoms with Gasteiger partial charge in [0.05, 0.1) is 30.1 Å². The number of nitrogens with one attached hydrogen (secondary N) is 8. The number of phenols is 1. The number of phenolic OH excluding ortho intramolecular Hbond substituents is 1. The summed E-state index contributed by atoms with van der Waals surface area (Å²) < 4.78 is 23.9. The molecule has 3 aliphatic heterocycles. The van der Waals surface area contributed by atoms with Crippen LogP contribution < -0.4 is 47.2 Å². The number of benzene rings is 2. The van der Waals surface area contributed by atoms with E-state index >= 15 is 0 Å². The van der Waals surface area contributed by atoms with Gasteiger partial charge in [0.1, 0.15) is 47.8 Å². The molecule has 2 bridgehead atoms. The van der Waals surface area contributed by atoms with Crippen molar-refractivity contribution in [3.05, 3.63) is 121 Å². The summed E-state index contributed by atoms with van der Waals surface area (Å²) in [5.41, 5.74) is 7.60. The van der Waals surface area contributed by atoms with Crippen LogP contribution in [-0.4, -0.2) is 173 Å². The van der Waals surface area contributed by atoms with Crippen LogP contribution >= 0.6 is 0 Å². The van der Waals surface area contributed by atoms with Gasteiger partial charge >= 0.3 is 0 Å². The minimum Gasteiger partial charge on any atom is -0.543 e. The third-order valence-electron chi connectivity index (χ3n) is 19.5. The molecule has 0 radical (unpaired) electrons. The molecule has 2 aromatic carbocycles. The first-order valence-corrected chi connectivity index (χ1v) is 38.4. The molecule has 2 saturated heterocycles. The van der Waals surface area contributed by atoms with Gasteiger partial charge in [-0.1, -0.05) is 163 Å². The van der Waals surface area contributed by atoms with Crippen LogP contribution in [0.2, 0.25) is 18.1 Å². The number of rotatable bonds is 25. The van der Waals surface area contributed by atoms with Crippen LogP contribution in [-0.2, 0) is 65.4 Å². The molecule has 556 valence electrons. The molecular formula is C76H120N10O13Si. The van der Waals surface area contributed by atoms with Gasteiger partial charge in [-0.3, -0.25) is 48.4 Å². The summed E-state index contributed by atoms with van der Waals surface area (Å²) in [7, 11) is 2.58. The molecule has 2 aromatic rings. The van der Waals surface area contributed by atoms with Gasteiger partial charge in [0.25, 0.3) is 11.8 Å². The standard InChI is InChI=1S/C42H69N5O6Si.C34H51N5O7/c1-14-16-20-29(5)30(6)37(52-11)31(7)38(48)45-36(28(3)4)40(50)44-35(27-32-21-18-22-33(26-32)53-54(12,13)42(8,9)10)41(51)47-25-19-23-34(46-47)39(49)43-24-17-15-2;1-21(2)29-33(43)36-27(20-24-13-11-14-25(40)19-24)34(44)39-18-12-15-26(38-39)32(42)35-17-10-8-7-9-16-28(45-5)22(3)30(46-6)23(4)31(41)37-29/h14-16,18,20-22,26,28-31,34-37,46H,1-2,17,19,23-25,27H2,3-13H3,(H,43,49)(H,44,50)(H,45,48);7-9,11,13-14,16,19,21-23,26-30,38,40H,10,12,15,17-18,20H2,1-6H3,(H,35,42)(H,36,43)(H,37,41)/b20-16+;8-7+,16-9+/t29-,30-,31+,34-,35-,36-,37+;22-,23+,26-,27-,28-,29-,30+/m00/s1. The van der Waals surface area contributed by atoms with Crippen LogP contribution in [0.3, 0.4) is 0 Å². The number of allylic oxidation sites excluding steroid dienone is 5. The van der Waals surface area contributed by atoms with E-state index in [1.54, 1.807) is 59.5 Å². The average Bonchev–Trinajstić information content (AvgIpc) is 0.827. The second-order valence-corrected chi connectivity index (χ2v) is 33.7. The molecule has 5 rings (SSSR count). The van der Waals surface area contributed by atoms with Gasteiger partial charge < -0.3 is 55.6 Å². The van der Waals surface area contributed by atoms with E-state index in [0.29, 0.717) is 76.0 Å². The van der Waals surface area contributed by atoms with E-state index in [1.807, 2.05) is 102 Å². The molecule has 3 heterocycles. The van der Waals surface area contributed by atoms with Crippen molar-refractivity contribution in [2.24, 2.45) is 41.4 Å². The fourth-order valence-electron chi connectivity index (χ4n) is 12.1. The van der Waals surface area contributed by atoms with Crippen molar-refractivity contribution in [1.82, 2.24) is 52.8 Å². The van der Waals surface area contributed by atoms with Crippen molar-refractivity contribution < 1.29 is 62.1 Å². The molecule has 23 nitrogen and oxygen atoms in total. The van der Waals surface area contributed by atoms with Gasteiger partial charge in [-0.15, -0.1) is 6.58 Å². The maximum Gasteiger partial charge on any atom is 0.259 e. The molecule has 3 aliphatic rings. The Morgan fingerprint density at radius 2 is 1.51 bits per heavy atom. The minimum atomic E-state index is -2.15. The Kier molecular flexibility index (Phi) is 35.2. The SMILES string of the molecule is C=C/C=C/[C@H](C)[C@H](C)[C@@H](OC)[C@@H](C)C(=O)N[C@H](C(=O)N[C@@H](Cc1cccc(O[Si](C)(C)C(C)(C)C)c1)C(=O)N1CCC[C@@H](C(=O)NCCC=C)N1)C(C)C.CO[C@@H]1[C@@H](C)[C@@H](OC)/C=C/C=C/CCNC(=O)[C@@H]2CCCN(N2)C(=O)[C@H](Cc2cccc(O)c2)NC(=O)[C@H](C(C)C)NC(=O)[C@@H]1C. The van der Waals surface area contributed by atoms with E-state index in [2.05, 4.69) is 96.7 Å². The molecule has 0 aromatic heterocycles. The van der Waals surface area contributed by atoms with Gasteiger partial charge in [-0.2, -0.15) is 0 Å². The van der Waals surface area contributed by atoms with E-state index < -0.39 is 86.3 Å². The molecule has 9 N–H and O–H groups in total. The summed E-state index contributed by atoms with van der Waals surface area (Å²) in [5.74, 6) is -4.02. The van der Waals surface area contributed by atoms with E-state index in [0.717, 1.165) is 5.56 Å². The van der Waals surface area contributed by atoms with Crippen LogP contribution in [0.1, 0.15) is 133 Å². The lowest BCUT2D eigenvalue weighted by Crippen LogP contribution is -2.63. The lowest BCUT2D eigenvalue weighted by atomic mass is 9.83. The molecular weight excluding hydrogens is 1290 g/mol. The van der Waals surface area contributed by atoms with Crippen LogP contribution in [0.5, 0.6) is 11.5 Å². The summed E-state index contributed by atoms with van der Waals surface area (Å²) in [6.45, 7) is 36.9. The second kappa shape index (κ2) is 41.4. The fraction of sp³-hybridized carbons (Fsp3) is 0.605. The summed E-state index contributed by atoms with van der Waals surface area (Å²) in [6, 6.07) is 9.00. The monoisotopic (exact) mass is 1410 g/mol. The number of methoxy groups -OCH3 is 3. The van der Waals surface area contributed by atoms with Crippen LogP contribution in [0.25, 0.3) is 0 Å². The summed E-state index contributed by atoms with van der Waals surface area (Å²) >= 11 is 0. The largest absolute Gasteiger partial charge is 0.543 e. The zero-order valence-corrected chi connectivity index (χ0v) is 63.6. The number of fused-ring (bicyclic) bond motifs is 2. The number of hydrogen-bond acceptors (Lipinski definition) is 15. The number of hydrazine groups is 2. The van der Waals surface area contributed by atoms with E-state index in [4.69, 9.17) is 18.6 Å². The molecule has 0 aliphatic carbocycles. The van der Waals surface area contributed by atoms with Crippen molar-refractivity contribution in [2.75, 3.05) is 47.5 Å². The smallest absolute Gasteiger partial charge is 0.259 e. The first kappa shape index (κ1) is 84.9. The topological polar surface area (TPSA) is 296 Å². The van der Waals surface area contributed by atoms with E-state index in [-0.39, 0.29) is 88.9 Å². The predicted octanol–water partition coefficient (Wildman–Crippen LogP) is 8.08. The fourth-order valence-corrected chi connectivity index (χ4v) is 13.2. The first-order chi connectivity index (χ1) is 47.2. The zero-order chi connectivity index (χ0) is 74.6. The number of aromatic hydroxyl groups is 1. The number of ether oxygens (including phenoxy) is 3. The lowest BCUT2D eigenvalue weighted by Gasteiger charge is -2.37. The highest BCUT2D eigenvalue weighted by atomic mass is 28.4. The maximum absolute atomic E-state index is 14.3. The molecule has 8 amide bonds. The van der Waals surface area contributed by atoms with Crippen molar-refractivity contribution in [3.63, 3.8) is 0 Å². The Hall–Kier alpha value is -7.48. The van der Waals surface area contributed by atoms with Gasteiger partial charge in [0, 0.05) is 66.3 Å². The number of hydrogen-bond donors (Lipinski definition) is 9. The minimum absolute atomic E-state index is 0.00148. The van der Waals surface area contributed by atoms with Gasteiger partial charge in [-0.25, -0.2) is 10.9 Å². The Morgan fingerprint density at radius 3 is 2.14 bits per heavy atom. The number of amides is 8. The van der Waals surface area contributed by atoms with E-state index in [1.165, 1.54) is 22.2 Å². The first-order valence-electron chi connectivity index (χ1n) is 35.5. The summed E-state index contributed by atoms with van der Waals surface area (Å²) in [5, 5.41) is 30.4. The van der Waals surface area contributed by atoms with Crippen LogP contribution in [0.4, 0.5) is 0 Å². The third-order valence-corrected chi connectivity index (χ3v) is 23.9. The number of carbonyl (C=O) groups excluding carboxylic acids is 8. The molecule has 100 heavy (non-hydrogen) atoms. The zero-order valence-electron chi connectivity index (χ0n) is 62.6. The van der Waals surface area contributed by atoms with Gasteiger partial charge in [0.2, 0.25) is 43.8 Å². The molecule has 14 atom stereocenters. The molecule has 2 fully saturated rings. The highest BCUT2D eigenvalue weighted by Crippen LogP contribution is 2.38. The van der Waals surface area contributed by atoms with Gasteiger partial charge in [0.15, 0.2) is 0 Å². The lowest BCUT2D eigenvalue weighted by molar-refractivity contribution is -0.144. The Bertz CT molecular complexity index is 3110. The highest BCUT2D eigenvalue weighted by Gasteiger charge is 2.42. The quantitative estimate of drug-likeness (QED) is 0.0196. The maximum atomic E-state index is 14.3. The van der Waals surface area contributed by atoms with Crippen LogP contribution in [0.15, 0.2) is 110 Å². The molecule has 24 heteroatoms. The number of nitrogens with zero attached hydrogens (tertiary/aromatic N) is 2. The Labute approximate surface area is 596 Å². The van der Waals surface area contributed by atoms with Crippen molar-refractivity contribution in [3.8, 4) is 11.5 Å². The van der Waals surface area contributed by atoms with Crippen molar-refractivity contribution in [1.29, 1.82) is 0 Å². The van der Waals surface area contributed by atoms with E-state index in [9.17, 15) is 43.5 Å². The van der Waals surface area contributed by atoms with Crippen LogP contribution in [0, 0.1) is 41.4 Å². The average molecular weight is 1410 g/mol. The molecule has 0 spiro atoms. The third kappa shape index (κ3) is 25.8. The summed E-state index contributed by atoms with van der Waals surface area (Å²) in [4.78, 5) is 109. The van der Waals surface area contributed by atoms with Crippen molar-refractivity contribution >= 4 is 55.6 Å². The molecule has 0 unspecified atom stereocenters. The molecule has 0 saturated carbocycles.